The molecule has 1 fully saturated rings. The summed E-state index contributed by atoms with van der Waals surface area (Å²) in [5, 5.41) is 13.1. The van der Waals surface area contributed by atoms with E-state index < -0.39 is 11.5 Å². The predicted octanol–water partition coefficient (Wildman–Crippen LogP) is 2.83. The van der Waals surface area contributed by atoms with E-state index in [4.69, 9.17) is 0 Å². The van der Waals surface area contributed by atoms with Crippen molar-refractivity contribution < 1.29 is 9.90 Å². The largest absolute Gasteiger partial charge is 0.391 e. The van der Waals surface area contributed by atoms with Crippen molar-refractivity contribution in [2.24, 2.45) is 0 Å². The third-order valence-corrected chi connectivity index (χ3v) is 4.78. The van der Waals surface area contributed by atoms with Gasteiger partial charge in [0.15, 0.2) is 0 Å². The van der Waals surface area contributed by atoms with Crippen molar-refractivity contribution in [3.05, 3.63) is 71.8 Å². The van der Waals surface area contributed by atoms with Gasteiger partial charge >= 0.3 is 0 Å². The summed E-state index contributed by atoms with van der Waals surface area (Å²) in [6.07, 6.45) is 2.85. The molecule has 1 atom stereocenters. The van der Waals surface area contributed by atoms with Crippen LogP contribution in [0.15, 0.2) is 60.7 Å². The second-order valence-corrected chi connectivity index (χ2v) is 6.36. The Labute approximate surface area is 137 Å². The maximum atomic E-state index is 12.7. The first-order chi connectivity index (χ1) is 11.2. The molecule has 2 aromatic carbocycles. The molecule has 0 aliphatic heterocycles. The summed E-state index contributed by atoms with van der Waals surface area (Å²) in [4.78, 5) is 12.7. The van der Waals surface area contributed by atoms with Crippen molar-refractivity contribution in [1.29, 1.82) is 0 Å². The maximum absolute atomic E-state index is 12.7. The van der Waals surface area contributed by atoms with Crippen LogP contribution >= 0.6 is 0 Å². The number of rotatable bonds is 6. The van der Waals surface area contributed by atoms with E-state index in [0.717, 1.165) is 30.4 Å². The normalized spacial score (nSPS) is 17.1. The molecule has 1 unspecified atom stereocenters. The lowest BCUT2D eigenvalue weighted by Gasteiger charge is -2.41. The topological polar surface area (TPSA) is 49.3 Å². The van der Waals surface area contributed by atoms with Crippen LogP contribution in [0, 0.1) is 0 Å². The molecular weight excluding hydrogens is 286 g/mol. The van der Waals surface area contributed by atoms with E-state index in [1.165, 1.54) is 0 Å². The van der Waals surface area contributed by atoms with Crippen molar-refractivity contribution in [2.75, 3.05) is 6.54 Å². The van der Waals surface area contributed by atoms with Gasteiger partial charge in [0.25, 0.3) is 0 Å². The molecule has 3 heteroatoms. The van der Waals surface area contributed by atoms with Crippen molar-refractivity contribution >= 4 is 5.91 Å². The summed E-state index contributed by atoms with van der Waals surface area (Å²) >= 11 is 0. The van der Waals surface area contributed by atoms with Gasteiger partial charge in [-0.25, -0.2) is 0 Å². The summed E-state index contributed by atoms with van der Waals surface area (Å²) in [7, 11) is 0. The third kappa shape index (κ3) is 3.45. The first kappa shape index (κ1) is 15.8. The molecule has 2 N–H and O–H groups in total. The summed E-state index contributed by atoms with van der Waals surface area (Å²) in [5.74, 6) is 0.0436. The van der Waals surface area contributed by atoms with E-state index in [-0.39, 0.29) is 5.91 Å². The Morgan fingerprint density at radius 2 is 1.65 bits per heavy atom. The number of aliphatic hydroxyl groups excluding tert-OH is 1. The SMILES string of the molecule is O=C(NCC(O)Cc1ccccc1)C1(c2ccccc2)CCC1. The molecule has 1 amide bonds. The minimum atomic E-state index is -0.561. The molecule has 0 heterocycles. The second-order valence-electron chi connectivity index (χ2n) is 6.36. The van der Waals surface area contributed by atoms with E-state index in [2.05, 4.69) is 5.32 Å². The van der Waals surface area contributed by atoms with Crippen LogP contribution in [0.4, 0.5) is 0 Å². The van der Waals surface area contributed by atoms with Crippen LogP contribution in [0.1, 0.15) is 30.4 Å². The fourth-order valence-electron chi connectivity index (χ4n) is 3.27. The summed E-state index contributed by atoms with van der Waals surface area (Å²) in [6.45, 7) is 0.294. The van der Waals surface area contributed by atoms with Crippen LogP contribution in [0.3, 0.4) is 0 Å². The van der Waals surface area contributed by atoms with E-state index >= 15 is 0 Å². The van der Waals surface area contributed by atoms with Gasteiger partial charge in [0, 0.05) is 13.0 Å². The Morgan fingerprint density at radius 1 is 1.04 bits per heavy atom. The first-order valence-electron chi connectivity index (χ1n) is 8.26. The average Bonchev–Trinajstić information content (AvgIpc) is 2.54. The molecule has 3 rings (SSSR count). The van der Waals surface area contributed by atoms with E-state index in [0.29, 0.717) is 13.0 Å². The number of aliphatic hydroxyl groups is 1. The number of hydrogen-bond donors (Lipinski definition) is 2. The lowest BCUT2D eigenvalue weighted by Crippen LogP contribution is -2.50. The van der Waals surface area contributed by atoms with Crippen molar-refractivity contribution in [3.63, 3.8) is 0 Å². The minimum Gasteiger partial charge on any atom is -0.391 e. The number of carbonyl (C=O) groups is 1. The highest BCUT2D eigenvalue weighted by molar-refractivity contribution is 5.89. The molecule has 1 aliphatic rings. The Balaban J connectivity index is 1.58. The molecule has 0 saturated heterocycles. The first-order valence-corrected chi connectivity index (χ1v) is 8.26. The van der Waals surface area contributed by atoms with Crippen LogP contribution < -0.4 is 5.32 Å². The molecular formula is C20H23NO2. The molecule has 0 aromatic heterocycles. The van der Waals surface area contributed by atoms with Gasteiger partial charge in [-0.1, -0.05) is 67.1 Å². The molecule has 120 valence electrons. The van der Waals surface area contributed by atoms with Gasteiger partial charge in [0.2, 0.25) is 5.91 Å². The van der Waals surface area contributed by atoms with E-state index in [1.54, 1.807) is 0 Å². The number of amides is 1. The van der Waals surface area contributed by atoms with Crippen LogP contribution in [0.25, 0.3) is 0 Å². The predicted molar refractivity (Wildman–Crippen MR) is 91.1 cm³/mol. The Bertz CT molecular complexity index is 635. The number of benzene rings is 2. The lowest BCUT2D eigenvalue weighted by atomic mass is 9.64. The van der Waals surface area contributed by atoms with Gasteiger partial charge in [-0.05, 0) is 24.0 Å². The van der Waals surface area contributed by atoms with Gasteiger partial charge in [0.05, 0.1) is 11.5 Å². The highest BCUT2D eigenvalue weighted by Gasteiger charge is 2.45. The zero-order valence-electron chi connectivity index (χ0n) is 13.2. The van der Waals surface area contributed by atoms with E-state index in [9.17, 15) is 9.90 Å². The highest BCUT2D eigenvalue weighted by Crippen LogP contribution is 2.43. The summed E-state index contributed by atoms with van der Waals surface area (Å²) < 4.78 is 0. The number of hydrogen-bond acceptors (Lipinski definition) is 2. The molecule has 2 aromatic rings. The van der Waals surface area contributed by atoms with Crippen LogP contribution in [-0.4, -0.2) is 23.7 Å². The standard InChI is InChI=1S/C20H23NO2/c22-18(14-16-8-3-1-4-9-16)15-21-19(23)20(12-7-13-20)17-10-5-2-6-11-17/h1-6,8-11,18,22H,7,12-15H2,(H,21,23). The lowest BCUT2D eigenvalue weighted by molar-refractivity contribution is -0.130. The van der Waals surface area contributed by atoms with Gasteiger partial charge in [-0.15, -0.1) is 0 Å². The Morgan fingerprint density at radius 3 is 2.22 bits per heavy atom. The summed E-state index contributed by atoms with van der Waals surface area (Å²) in [6, 6.07) is 19.8. The highest BCUT2D eigenvalue weighted by atomic mass is 16.3. The van der Waals surface area contributed by atoms with Crippen molar-refractivity contribution in [3.8, 4) is 0 Å². The zero-order valence-corrected chi connectivity index (χ0v) is 13.2. The molecule has 1 saturated carbocycles. The molecule has 0 bridgehead atoms. The number of nitrogens with one attached hydrogen (secondary N) is 1. The second kappa shape index (κ2) is 6.97. The monoisotopic (exact) mass is 309 g/mol. The van der Waals surface area contributed by atoms with Gasteiger partial charge in [-0.2, -0.15) is 0 Å². The minimum absolute atomic E-state index is 0.0436. The molecule has 1 aliphatic carbocycles. The van der Waals surface area contributed by atoms with Crippen molar-refractivity contribution in [2.45, 2.75) is 37.2 Å². The fourth-order valence-corrected chi connectivity index (χ4v) is 3.27. The fraction of sp³-hybridized carbons (Fsp3) is 0.350. The van der Waals surface area contributed by atoms with Gasteiger partial charge in [0.1, 0.15) is 0 Å². The molecule has 0 spiro atoms. The molecule has 23 heavy (non-hydrogen) atoms. The van der Waals surface area contributed by atoms with Gasteiger partial charge in [-0.3, -0.25) is 4.79 Å². The van der Waals surface area contributed by atoms with Gasteiger partial charge < -0.3 is 10.4 Å². The number of carbonyl (C=O) groups excluding carboxylic acids is 1. The van der Waals surface area contributed by atoms with Crippen LogP contribution in [0.2, 0.25) is 0 Å². The quantitative estimate of drug-likeness (QED) is 0.862. The zero-order chi connectivity index (χ0) is 16.1. The van der Waals surface area contributed by atoms with Crippen LogP contribution in [0.5, 0.6) is 0 Å². The summed E-state index contributed by atoms with van der Waals surface area (Å²) in [5.41, 5.74) is 1.77. The maximum Gasteiger partial charge on any atom is 0.230 e. The molecule has 3 nitrogen and oxygen atoms in total. The third-order valence-electron chi connectivity index (χ3n) is 4.78. The van der Waals surface area contributed by atoms with Crippen LogP contribution in [-0.2, 0) is 16.6 Å². The van der Waals surface area contributed by atoms with E-state index in [1.807, 2.05) is 60.7 Å². The molecule has 0 radical (unpaired) electrons. The Kier molecular flexibility index (Phi) is 4.77. The Hall–Kier alpha value is -2.13. The smallest absolute Gasteiger partial charge is 0.230 e. The van der Waals surface area contributed by atoms with Crippen molar-refractivity contribution in [1.82, 2.24) is 5.32 Å². The average molecular weight is 309 g/mol.